The fourth-order valence-electron chi connectivity index (χ4n) is 7.12. The van der Waals surface area contributed by atoms with Gasteiger partial charge in [0.25, 0.3) is 0 Å². The van der Waals surface area contributed by atoms with E-state index in [1.54, 1.807) is 5.57 Å². The van der Waals surface area contributed by atoms with E-state index in [-0.39, 0.29) is 5.41 Å². The number of carbonyl (C=O) groups is 1. The number of ketones is 1. The van der Waals surface area contributed by atoms with Crippen LogP contribution in [-0.2, 0) is 4.79 Å². The van der Waals surface area contributed by atoms with Crippen molar-refractivity contribution in [1.82, 2.24) is 0 Å². The van der Waals surface area contributed by atoms with Crippen LogP contribution >= 0.6 is 0 Å². The number of rotatable bonds is 2. The van der Waals surface area contributed by atoms with E-state index >= 15 is 0 Å². The first kappa shape index (κ1) is 15.7. The summed E-state index contributed by atoms with van der Waals surface area (Å²) in [4.78, 5) is 12.6. The summed E-state index contributed by atoms with van der Waals surface area (Å²) in [6.45, 7) is 8.89. The number of Topliss-reactive ketones (excluding diaryl/α,β-unsaturated/α-hetero) is 1. The van der Waals surface area contributed by atoms with Gasteiger partial charge >= 0.3 is 0 Å². The summed E-state index contributed by atoms with van der Waals surface area (Å²) in [6, 6.07) is 0. The Morgan fingerprint density at radius 3 is 2.78 bits per heavy atom. The predicted molar refractivity (Wildman–Crippen MR) is 95.0 cm³/mol. The summed E-state index contributed by atoms with van der Waals surface area (Å²) in [5.74, 6) is 3.48. The molecular weight excluding hydrogens is 280 g/mol. The molecule has 0 amide bonds. The lowest BCUT2D eigenvalue weighted by Crippen LogP contribution is -2.53. The normalized spacial score (nSPS) is 49.0. The first-order valence-corrected chi connectivity index (χ1v) is 9.84. The van der Waals surface area contributed by atoms with Crippen molar-refractivity contribution < 1.29 is 4.79 Å². The second kappa shape index (κ2) is 5.33. The van der Waals surface area contributed by atoms with Gasteiger partial charge in [0.15, 0.2) is 0 Å². The van der Waals surface area contributed by atoms with Crippen LogP contribution in [0.2, 0.25) is 0 Å². The Hall–Kier alpha value is -0.850. The van der Waals surface area contributed by atoms with Crippen molar-refractivity contribution in [3.8, 4) is 0 Å². The van der Waals surface area contributed by atoms with Gasteiger partial charge < -0.3 is 0 Å². The number of allylic oxidation sites excluding steroid dienone is 3. The average molecular weight is 312 g/mol. The van der Waals surface area contributed by atoms with E-state index in [4.69, 9.17) is 0 Å². The summed E-state index contributed by atoms with van der Waals surface area (Å²) in [7, 11) is 0. The molecule has 0 radical (unpaired) electrons. The van der Waals surface area contributed by atoms with Crippen LogP contribution in [0.4, 0.5) is 0 Å². The van der Waals surface area contributed by atoms with E-state index in [0.29, 0.717) is 17.1 Å². The van der Waals surface area contributed by atoms with E-state index in [0.717, 1.165) is 43.4 Å². The van der Waals surface area contributed by atoms with E-state index in [1.807, 2.05) is 0 Å². The molecule has 4 aliphatic rings. The number of carbonyl (C=O) groups excluding carboxylic acids is 1. The highest BCUT2D eigenvalue weighted by molar-refractivity contribution is 5.87. The van der Waals surface area contributed by atoms with Gasteiger partial charge in [-0.2, -0.15) is 0 Å². The van der Waals surface area contributed by atoms with Crippen LogP contribution in [0.3, 0.4) is 0 Å². The first-order chi connectivity index (χ1) is 11.0. The quantitative estimate of drug-likeness (QED) is 0.597. The molecule has 4 aliphatic carbocycles. The van der Waals surface area contributed by atoms with Gasteiger partial charge in [-0.3, -0.25) is 4.79 Å². The molecule has 23 heavy (non-hydrogen) atoms. The third kappa shape index (κ3) is 2.07. The Morgan fingerprint density at radius 1 is 1.22 bits per heavy atom. The maximum Gasteiger partial charge on any atom is 0.139 e. The third-order valence-electron chi connectivity index (χ3n) is 8.38. The average Bonchev–Trinajstić information content (AvgIpc) is 2.83. The lowest BCUT2D eigenvalue weighted by Gasteiger charge is -2.59. The first-order valence-electron chi connectivity index (χ1n) is 9.84. The maximum absolute atomic E-state index is 12.6. The molecule has 0 aromatic carbocycles. The molecule has 0 spiro atoms. The number of fused-ring (bicyclic) bond motifs is 5. The highest BCUT2D eigenvalue weighted by Gasteiger charge is 2.60. The molecule has 0 aromatic heterocycles. The number of hydrogen-bond acceptors (Lipinski definition) is 1. The zero-order chi connectivity index (χ0) is 16.2. The van der Waals surface area contributed by atoms with Gasteiger partial charge in [0.2, 0.25) is 0 Å². The van der Waals surface area contributed by atoms with Crippen LogP contribution in [0, 0.1) is 34.5 Å². The topological polar surface area (TPSA) is 17.1 Å². The van der Waals surface area contributed by atoms with Gasteiger partial charge in [0.05, 0.1) is 0 Å². The zero-order valence-electron chi connectivity index (χ0n) is 14.9. The Bertz CT molecular complexity index is 558. The minimum Gasteiger partial charge on any atom is -0.299 e. The van der Waals surface area contributed by atoms with Crippen LogP contribution in [0.15, 0.2) is 24.3 Å². The third-order valence-corrected chi connectivity index (χ3v) is 8.38. The molecule has 3 saturated carbocycles. The molecule has 0 aromatic rings. The Kier molecular flexibility index (Phi) is 3.63. The molecule has 4 rings (SSSR count). The maximum atomic E-state index is 12.6. The highest BCUT2D eigenvalue weighted by atomic mass is 16.1. The number of hydrogen-bond donors (Lipinski definition) is 0. The molecule has 1 nitrogen and oxygen atoms in total. The van der Waals surface area contributed by atoms with Crippen molar-refractivity contribution >= 4 is 5.78 Å². The molecule has 0 saturated heterocycles. The second-order valence-corrected chi connectivity index (χ2v) is 9.24. The molecule has 1 heteroatoms. The summed E-state index contributed by atoms with van der Waals surface area (Å²) >= 11 is 0. The molecule has 0 bridgehead atoms. The minimum atomic E-state index is -0.00711. The van der Waals surface area contributed by atoms with Crippen molar-refractivity contribution in [2.24, 2.45) is 34.5 Å². The summed E-state index contributed by atoms with van der Waals surface area (Å²) in [6.07, 6.45) is 15.5. The van der Waals surface area contributed by atoms with Crippen LogP contribution in [0.1, 0.15) is 71.6 Å². The van der Waals surface area contributed by atoms with E-state index in [9.17, 15) is 4.79 Å². The van der Waals surface area contributed by atoms with E-state index in [1.165, 1.54) is 32.1 Å². The second-order valence-electron chi connectivity index (χ2n) is 9.24. The van der Waals surface area contributed by atoms with Crippen LogP contribution < -0.4 is 0 Å². The van der Waals surface area contributed by atoms with Crippen LogP contribution in [-0.4, -0.2) is 5.78 Å². The van der Waals surface area contributed by atoms with Crippen LogP contribution in [0.5, 0.6) is 0 Å². The van der Waals surface area contributed by atoms with Crippen molar-refractivity contribution in [3.05, 3.63) is 24.3 Å². The fourth-order valence-corrected chi connectivity index (χ4v) is 7.12. The predicted octanol–water partition coefficient (Wildman–Crippen LogP) is 5.71. The summed E-state index contributed by atoms with van der Waals surface area (Å²) in [5.41, 5.74) is 2.17. The smallest absolute Gasteiger partial charge is 0.139 e. The molecule has 6 atom stereocenters. The Morgan fingerprint density at radius 2 is 2.00 bits per heavy atom. The van der Waals surface area contributed by atoms with Crippen molar-refractivity contribution in [2.75, 3.05) is 0 Å². The Labute approximate surface area is 141 Å². The van der Waals surface area contributed by atoms with E-state index in [2.05, 4.69) is 32.6 Å². The monoisotopic (exact) mass is 312 g/mol. The lowest BCUT2D eigenvalue weighted by atomic mass is 9.45. The summed E-state index contributed by atoms with van der Waals surface area (Å²) in [5, 5.41) is 0. The molecule has 0 aliphatic heterocycles. The molecule has 0 unspecified atom stereocenters. The molecule has 126 valence electrons. The minimum absolute atomic E-state index is 0.00711. The standard InChI is InChI=1S/C22H32O/c1-4-7-15-14-16-8-5-6-12-21(16,2)18-11-13-22(3)17(20(15)18)9-10-19(22)23/h4,8,15,17-18,20H,1,5-7,9-14H2,2-3H3/t15-,17+,18+,20+,21+,22+/m1/s1. The van der Waals surface area contributed by atoms with E-state index < -0.39 is 0 Å². The van der Waals surface area contributed by atoms with Crippen molar-refractivity contribution in [1.29, 1.82) is 0 Å². The fraction of sp³-hybridized carbons (Fsp3) is 0.773. The van der Waals surface area contributed by atoms with Crippen molar-refractivity contribution in [2.45, 2.75) is 71.6 Å². The molecule has 0 N–H and O–H groups in total. The SMILES string of the molecule is C=CC[C@@H]1CC2=CCCC[C@]2(C)[C@H]2CC[C@]3(C)C(=O)CC[C@H]3[C@H]12. The van der Waals surface area contributed by atoms with Gasteiger partial charge in [-0.1, -0.05) is 31.6 Å². The van der Waals surface area contributed by atoms with Gasteiger partial charge in [-0.05, 0) is 80.5 Å². The zero-order valence-corrected chi connectivity index (χ0v) is 14.9. The van der Waals surface area contributed by atoms with Gasteiger partial charge in [-0.15, -0.1) is 6.58 Å². The molecular formula is C22H32O. The lowest BCUT2D eigenvalue weighted by molar-refractivity contribution is -0.134. The Balaban J connectivity index is 1.76. The van der Waals surface area contributed by atoms with Gasteiger partial charge in [-0.25, -0.2) is 0 Å². The highest BCUT2D eigenvalue weighted by Crippen LogP contribution is 2.66. The van der Waals surface area contributed by atoms with Gasteiger partial charge in [0.1, 0.15) is 5.78 Å². The largest absolute Gasteiger partial charge is 0.299 e. The van der Waals surface area contributed by atoms with Crippen molar-refractivity contribution in [3.63, 3.8) is 0 Å². The molecule has 0 heterocycles. The summed E-state index contributed by atoms with van der Waals surface area (Å²) < 4.78 is 0. The molecule has 3 fully saturated rings. The van der Waals surface area contributed by atoms with Gasteiger partial charge in [0, 0.05) is 11.8 Å². The van der Waals surface area contributed by atoms with Crippen LogP contribution in [0.25, 0.3) is 0 Å².